The maximum absolute atomic E-state index is 9.15. The summed E-state index contributed by atoms with van der Waals surface area (Å²) >= 11 is 0. The summed E-state index contributed by atoms with van der Waals surface area (Å²) in [6, 6.07) is 13.4. The SMILES string of the molecule is OCC1CCN(Cc2ccc(Oc3ccccc3)o2)C1. The molecule has 4 nitrogen and oxygen atoms in total. The van der Waals surface area contributed by atoms with Crippen molar-refractivity contribution in [2.45, 2.75) is 13.0 Å². The highest BCUT2D eigenvalue weighted by molar-refractivity contribution is 5.26. The molecule has 0 aliphatic carbocycles. The van der Waals surface area contributed by atoms with Crippen LogP contribution in [0.15, 0.2) is 46.9 Å². The average molecular weight is 273 g/mol. The highest BCUT2D eigenvalue weighted by Crippen LogP contribution is 2.25. The van der Waals surface area contributed by atoms with Crippen molar-refractivity contribution >= 4 is 0 Å². The van der Waals surface area contributed by atoms with E-state index in [1.54, 1.807) is 0 Å². The predicted octanol–water partition coefficient (Wildman–Crippen LogP) is 2.89. The van der Waals surface area contributed by atoms with E-state index < -0.39 is 0 Å². The molecule has 1 fully saturated rings. The normalized spacial score (nSPS) is 19.4. The molecule has 1 N–H and O–H groups in total. The van der Waals surface area contributed by atoms with Crippen LogP contribution >= 0.6 is 0 Å². The summed E-state index contributed by atoms with van der Waals surface area (Å²) in [7, 11) is 0. The number of ether oxygens (including phenoxy) is 1. The van der Waals surface area contributed by atoms with Gasteiger partial charge in [0, 0.05) is 19.2 Å². The predicted molar refractivity (Wildman–Crippen MR) is 75.7 cm³/mol. The highest BCUT2D eigenvalue weighted by atomic mass is 16.6. The Morgan fingerprint density at radius 2 is 2.05 bits per heavy atom. The van der Waals surface area contributed by atoms with Crippen molar-refractivity contribution in [3.8, 4) is 11.7 Å². The Balaban J connectivity index is 1.57. The van der Waals surface area contributed by atoms with Crippen LogP contribution in [-0.4, -0.2) is 29.7 Å². The van der Waals surface area contributed by atoms with Crippen LogP contribution in [0.2, 0.25) is 0 Å². The van der Waals surface area contributed by atoms with Gasteiger partial charge in [-0.15, -0.1) is 0 Å². The highest BCUT2D eigenvalue weighted by Gasteiger charge is 2.22. The second-order valence-electron chi connectivity index (χ2n) is 5.21. The molecule has 1 aliphatic heterocycles. The smallest absolute Gasteiger partial charge is 0.290 e. The third kappa shape index (κ3) is 3.21. The molecule has 106 valence electrons. The van der Waals surface area contributed by atoms with Crippen molar-refractivity contribution in [2.75, 3.05) is 19.7 Å². The van der Waals surface area contributed by atoms with Crippen molar-refractivity contribution in [3.05, 3.63) is 48.2 Å². The van der Waals surface area contributed by atoms with Crippen LogP contribution in [0.1, 0.15) is 12.2 Å². The Morgan fingerprint density at radius 1 is 1.20 bits per heavy atom. The molecule has 1 unspecified atom stereocenters. The molecule has 1 saturated heterocycles. The van der Waals surface area contributed by atoms with E-state index in [1.807, 2.05) is 42.5 Å². The van der Waals surface area contributed by atoms with Gasteiger partial charge in [-0.25, -0.2) is 0 Å². The lowest BCUT2D eigenvalue weighted by Crippen LogP contribution is -2.20. The molecule has 0 bridgehead atoms. The van der Waals surface area contributed by atoms with Gasteiger partial charge in [-0.1, -0.05) is 18.2 Å². The maximum Gasteiger partial charge on any atom is 0.290 e. The van der Waals surface area contributed by atoms with Gasteiger partial charge in [-0.2, -0.15) is 0 Å². The van der Waals surface area contributed by atoms with Crippen molar-refractivity contribution in [1.29, 1.82) is 0 Å². The van der Waals surface area contributed by atoms with Crippen LogP contribution in [-0.2, 0) is 6.54 Å². The quantitative estimate of drug-likeness (QED) is 0.910. The number of nitrogens with zero attached hydrogens (tertiary/aromatic N) is 1. The fourth-order valence-electron chi connectivity index (χ4n) is 2.53. The molecule has 3 rings (SSSR count). The maximum atomic E-state index is 9.15. The summed E-state index contributed by atoms with van der Waals surface area (Å²) in [5.41, 5.74) is 0. The molecule has 1 aromatic heterocycles. The fourth-order valence-corrected chi connectivity index (χ4v) is 2.53. The summed E-state index contributed by atoms with van der Waals surface area (Å²) in [5, 5.41) is 9.15. The van der Waals surface area contributed by atoms with Crippen LogP contribution < -0.4 is 4.74 Å². The lowest BCUT2D eigenvalue weighted by Gasteiger charge is -2.13. The Morgan fingerprint density at radius 3 is 2.80 bits per heavy atom. The minimum atomic E-state index is 0.275. The van der Waals surface area contributed by atoms with Gasteiger partial charge >= 0.3 is 0 Å². The van der Waals surface area contributed by atoms with Gasteiger partial charge in [0.15, 0.2) is 0 Å². The topological polar surface area (TPSA) is 45.8 Å². The van der Waals surface area contributed by atoms with Gasteiger partial charge in [0.05, 0.1) is 6.54 Å². The van der Waals surface area contributed by atoms with E-state index in [9.17, 15) is 0 Å². The van der Waals surface area contributed by atoms with Crippen LogP contribution in [0.3, 0.4) is 0 Å². The first kappa shape index (κ1) is 13.2. The number of hydrogen-bond acceptors (Lipinski definition) is 4. The summed E-state index contributed by atoms with van der Waals surface area (Å²) in [4.78, 5) is 2.30. The molecule has 2 aromatic rings. The first-order chi connectivity index (χ1) is 9.83. The third-order valence-electron chi connectivity index (χ3n) is 3.61. The van der Waals surface area contributed by atoms with E-state index in [0.29, 0.717) is 11.9 Å². The average Bonchev–Trinajstić information content (AvgIpc) is 3.10. The van der Waals surface area contributed by atoms with Gasteiger partial charge in [-0.05, 0) is 37.1 Å². The van der Waals surface area contributed by atoms with Crippen molar-refractivity contribution in [2.24, 2.45) is 5.92 Å². The second-order valence-corrected chi connectivity index (χ2v) is 5.21. The number of aliphatic hydroxyl groups excluding tert-OH is 1. The van der Waals surface area contributed by atoms with E-state index >= 15 is 0 Å². The Labute approximate surface area is 118 Å². The number of aliphatic hydroxyl groups is 1. The van der Waals surface area contributed by atoms with Crippen LogP contribution in [0.5, 0.6) is 11.7 Å². The Hall–Kier alpha value is -1.78. The summed E-state index contributed by atoms with van der Waals surface area (Å²) in [5.74, 6) is 2.60. The molecule has 4 heteroatoms. The van der Waals surface area contributed by atoms with E-state index in [1.165, 1.54) is 0 Å². The zero-order valence-corrected chi connectivity index (χ0v) is 11.4. The molecule has 0 saturated carbocycles. The first-order valence-corrected chi connectivity index (χ1v) is 6.98. The second kappa shape index (κ2) is 6.11. The third-order valence-corrected chi connectivity index (χ3v) is 3.61. The van der Waals surface area contributed by atoms with E-state index in [2.05, 4.69) is 4.90 Å². The molecule has 1 atom stereocenters. The van der Waals surface area contributed by atoms with E-state index in [0.717, 1.165) is 37.6 Å². The van der Waals surface area contributed by atoms with Crippen molar-refractivity contribution in [3.63, 3.8) is 0 Å². The van der Waals surface area contributed by atoms with Crippen molar-refractivity contribution in [1.82, 2.24) is 4.90 Å². The van der Waals surface area contributed by atoms with E-state index in [4.69, 9.17) is 14.3 Å². The number of furan rings is 1. The summed E-state index contributed by atoms with van der Waals surface area (Å²) in [6.07, 6.45) is 1.06. The van der Waals surface area contributed by atoms with Crippen LogP contribution in [0.25, 0.3) is 0 Å². The number of benzene rings is 1. The molecule has 0 amide bonds. The number of hydrogen-bond donors (Lipinski definition) is 1. The lowest BCUT2D eigenvalue weighted by atomic mass is 10.1. The molecule has 20 heavy (non-hydrogen) atoms. The molecule has 1 aliphatic rings. The molecule has 0 radical (unpaired) electrons. The monoisotopic (exact) mass is 273 g/mol. The van der Waals surface area contributed by atoms with Crippen molar-refractivity contribution < 1.29 is 14.3 Å². The summed E-state index contributed by atoms with van der Waals surface area (Å²) < 4.78 is 11.3. The minimum absolute atomic E-state index is 0.275. The Kier molecular flexibility index (Phi) is 4.04. The van der Waals surface area contributed by atoms with Crippen LogP contribution in [0.4, 0.5) is 0 Å². The Bertz CT molecular complexity index is 538. The fraction of sp³-hybridized carbons (Fsp3) is 0.375. The lowest BCUT2D eigenvalue weighted by molar-refractivity contribution is 0.213. The van der Waals surface area contributed by atoms with Gasteiger partial charge in [0.25, 0.3) is 5.95 Å². The first-order valence-electron chi connectivity index (χ1n) is 6.98. The van der Waals surface area contributed by atoms with Crippen LogP contribution in [0, 0.1) is 5.92 Å². The molecule has 0 spiro atoms. The molecule has 2 heterocycles. The number of para-hydroxylation sites is 1. The van der Waals surface area contributed by atoms with Gasteiger partial charge < -0.3 is 14.3 Å². The molecular weight excluding hydrogens is 254 g/mol. The molecule has 1 aromatic carbocycles. The van der Waals surface area contributed by atoms with Gasteiger partial charge in [0.1, 0.15) is 11.5 Å². The molecular formula is C16H19NO3. The van der Waals surface area contributed by atoms with Gasteiger partial charge in [0.2, 0.25) is 0 Å². The number of likely N-dealkylation sites (tertiary alicyclic amines) is 1. The summed E-state index contributed by atoms with van der Waals surface area (Å²) in [6.45, 7) is 3.00. The number of rotatable bonds is 5. The standard InChI is InChI=1S/C16H19NO3/c18-12-13-8-9-17(10-13)11-15-6-7-16(20-15)19-14-4-2-1-3-5-14/h1-7,13,18H,8-12H2. The largest absolute Gasteiger partial charge is 0.429 e. The van der Waals surface area contributed by atoms with E-state index in [-0.39, 0.29) is 6.61 Å². The van der Waals surface area contributed by atoms with Gasteiger partial charge in [-0.3, -0.25) is 4.90 Å². The minimum Gasteiger partial charge on any atom is -0.429 e. The zero-order valence-electron chi connectivity index (χ0n) is 11.4. The zero-order chi connectivity index (χ0) is 13.8.